The van der Waals surface area contributed by atoms with E-state index in [0.29, 0.717) is 13.1 Å². The molecular weight excluding hydrogens is 259 g/mol. The third-order valence-corrected chi connectivity index (χ3v) is 4.17. The van der Waals surface area contributed by atoms with E-state index in [9.17, 15) is 9.18 Å². The molecular formula is C15H21FN2O2. The molecule has 1 fully saturated rings. The third kappa shape index (κ3) is 3.28. The minimum absolute atomic E-state index is 0.0502. The molecule has 0 unspecified atom stereocenters. The summed E-state index contributed by atoms with van der Waals surface area (Å²) >= 11 is 0. The van der Waals surface area contributed by atoms with E-state index in [1.54, 1.807) is 0 Å². The maximum atomic E-state index is 13.6. The number of nitrogens with two attached hydrogens (primary N) is 1. The van der Waals surface area contributed by atoms with Gasteiger partial charge in [-0.15, -0.1) is 0 Å². The van der Waals surface area contributed by atoms with Crippen molar-refractivity contribution < 1.29 is 14.3 Å². The molecule has 0 atom stereocenters. The average Bonchev–Trinajstić information content (AvgIpc) is 2.46. The van der Waals surface area contributed by atoms with E-state index in [1.165, 1.54) is 18.6 Å². The van der Waals surface area contributed by atoms with Gasteiger partial charge in [0.25, 0.3) is 5.91 Å². The van der Waals surface area contributed by atoms with Crippen molar-refractivity contribution >= 4 is 5.91 Å². The van der Waals surface area contributed by atoms with Gasteiger partial charge in [-0.05, 0) is 36.9 Å². The summed E-state index contributed by atoms with van der Waals surface area (Å²) in [7, 11) is 0. The first-order valence-electron chi connectivity index (χ1n) is 7.03. The van der Waals surface area contributed by atoms with Crippen LogP contribution in [0.5, 0.6) is 5.75 Å². The number of halogens is 1. The second kappa shape index (κ2) is 6.22. The molecule has 0 bridgehead atoms. The number of hydrogen-bond donors (Lipinski definition) is 3. The van der Waals surface area contributed by atoms with Crippen molar-refractivity contribution in [2.24, 2.45) is 11.1 Å². The molecule has 0 saturated heterocycles. The zero-order chi connectivity index (χ0) is 14.6. The lowest BCUT2D eigenvalue weighted by Gasteiger charge is -2.36. The summed E-state index contributed by atoms with van der Waals surface area (Å²) in [5, 5.41) is 11.9. The van der Waals surface area contributed by atoms with Gasteiger partial charge in [0.2, 0.25) is 0 Å². The van der Waals surface area contributed by atoms with Gasteiger partial charge in [0, 0.05) is 12.6 Å². The van der Waals surface area contributed by atoms with E-state index in [2.05, 4.69) is 5.32 Å². The van der Waals surface area contributed by atoms with Gasteiger partial charge in [-0.3, -0.25) is 4.79 Å². The zero-order valence-corrected chi connectivity index (χ0v) is 11.5. The Hall–Kier alpha value is -1.62. The Balaban J connectivity index is 2.00. The second-order valence-electron chi connectivity index (χ2n) is 5.61. The van der Waals surface area contributed by atoms with Crippen molar-refractivity contribution in [1.29, 1.82) is 0 Å². The largest absolute Gasteiger partial charge is 0.508 e. The molecule has 1 aromatic rings. The summed E-state index contributed by atoms with van der Waals surface area (Å²) in [6, 6.07) is 3.53. The maximum absolute atomic E-state index is 13.6. The number of hydrogen-bond acceptors (Lipinski definition) is 3. The van der Waals surface area contributed by atoms with Crippen LogP contribution in [-0.4, -0.2) is 24.1 Å². The van der Waals surface area contributed by atoms with E-state index in [1.807, 2.05) is 0 Å². The Morgan fingerprint density at radius 2 is 2.05 bits per heavy atom. The van der Waals surface area contributed by atoms with Crippen molar-refractivity contribution in [3.05, 3.63) is 29.6 Å². The lowest BCUT2D eigenvalue weighted by Crippen LogP contribution is -2.43. The molecule has 1 aliphatic carbocycles. The highest BCUT2D eigenvalue weighted by Gasteiger charge is 2.31. The van der Waals surface area contributed by atoms with Crippen molar-refractivity contribution in [2.45, 2.75) is 32.1 Å². The summed E-state index contributed by atoms with van der Waals surface area (Å²) in [4.78, 5) is 12.0. The van der Waals surface area contributed by atoms with Gasteiger partial charge < -0.3 is 16.2 Å². The van der Waals surface area contributed by atoms with Crippen LogP contribution in [0.4, 0.5) is 4.39 Å². The first-order valence-corrected chi connectivity index (χ1v) is 7.03. The van der Waals surface area contributed by atoms with Crippen LogP contribution in [-0.2, 0) is 0 Å². The molecule has 0 heterocycles. The van der Waals surface area contributed by atoms with Crippen LogP contribution in [0.15, 0.2) is 18.2 Å². The van der Waals surface area contributed by atoms with Crippen LogP contribution in [0.1, 0.15) is 42.5 Å². The Morgan fingerprint density at radius 3 is 2.65 bits per heavy atom. The standard InChI is InChI=1S/C15H21FN2O2/c16-13-8-11(19)4-5-12(13)14(20)18-10-15(9-17)6-2-1-3-7-15/h4-5,8,19H,1-3,6-7,9-10,17H2,(H,18,20). The summed E-state index contributed by atoms with van der Waals surface area (Å²) in [5.41, 5.74) is 5.75. The van der Waals surface area contributed by atoms with E-state index in [0.717, 1.165) is 31.7 Å². The summed E-state index contributed by atoms with van der Waals surface area (Å²) in [6.07, 6.45) is 5.47. The Kier molecular flexibility index (Phi) is 4.60. The summed E-state index contributed by atoms with van der Waals surface area (Å²) in [6.45, 7) is 1.01. The van der Waals surface area contributed by atoms with Crippen LogP contribution < -0.4 is 11.1 Å². The monoisotopic (exact) mass is 280 g/mol. The second-order valence-corrected chi connectivity index (χ2v) is 5.61. The average molecular weight is 280 g/mol. The van der Waals surface area contributed by atoms with E-state index in [4.69, 9.17) is 10.8 Å². The molecule has 20 heavy (non-hydrogen) atoms. The molecule has 110 valence electrons. The molecule has 0 radical (unpaired) electrons. The number of carbonyl (C=O) groups is 1. The number of aromatic hydroxyl groups is 1. The SMILES string of the molecule is NCC1(CNC(=O)c2ccc(O)cc2F)CCCCC1. The van der Waals surface area contributed by atoms with E-state index in [-0.39, 0.29) is 16.7 Å². The number of amides is 1. The molecule has 2 rings (SSSR count). The van der Waals surface area contributed by atoms with Gasteiger partial charge >= 0.3 is 0 Å². The predicted molar refractivity (Wildman–Crippen MR) is 75.0 cm³/mol. The number of carbonyl (C=O) groups excluding carboxylic acids is 1. The van der Waals surface area contributed by atoms with Gasteiger partial charge in [-0.1, -0.05) is 19.3 Å². The highest BCUT2D eigenvalue weighted by atomic mass is 19.1. The molecule has 1 aliphatic rings. The Bertz CT molecular complexity index is 485. The molecule has 4 nitrogen and oxygen atoms in total. The zero-order valence-electron chi connectivity index (χ0n) is 11.5. The van der Waals surface area contributed by atoms with E-state index < -0.39 is 11.7 Å². The quantitative estimate of drug-likeness (QED) is 0.791. The number of benzene rings is 1. The molecule has 1 amide bonds. The minimum atomic E-state index is -0.715. The fourth-order valence-electron chi connectivity index (χ4n) is 2.81. The normalized spacial score (nSPS) is 17.7. The number of phenols is 1. The van der Waals surface area contributed by atoms with Crippen LogP contribution in [0, 0.1) is 11.2 Å². The molecule has 0 spiro atoms. The lowest BCUT2D eigenvalue weighted by molar-refractivity contribution is 0.0910. The minimum Gasteiger partial charge on any atom is -0.508 e. The topological polar surface area (TPSA) is 75.3 Å². The van der Waals surface area contributed by atoms with Crippen LogP contribution in [0.2, 0.25) is 0 Å². The summed E-state index contributed by atoms with van der Waals surface area (Å²) < 4.78 is 13.6. The number of rotatable bonds is 4. The van der Waals surface area contributed by atoms with Gasteiger partial charge in [0.05, 0.1) is 5.56 Å². The van der Waals surface area contributed by atoms with Gasteiger partial charge in [0.1, 0.15) is 11.6 Å². The van der Waals surface area contributed by atoms with Crippen LogP contribution in [0.25, 0.3) is 0 Å². The number of phenolic OH excluding ortho intramolecular Hbond substituents is 1. The first-order chi connectivity index (χ1) is 9.56. The lowest BCUT2D eigenvalue weighted by atomic mass is 9.74. The molecule has 1 saturated carbocycles. The highest BCUT2D eigenvalue weighted by molar-refractivity contribution is 5.94. The van der Waals surface area contributed by atoms with Crippen molar-refractivity contribution in [1.82, 2.24) is 5.32 Å². The van der Waals surface area contributed by atoms with Gasteiger partial charge in [-0.2, -0.15) is 0 Å². The highest BCUT2D eigenvalue weighted by Crippen LogP contribution is 2.34. The molecule has 0 aliphatic heterocycles. The van der Waals surface area contributed by atoms with Crippen molar-refractivity contribution in [2.75, 3.05) is 13.1 Å². The van der Waals surface area contributed by atoms with Crippen LogP contribution in [0.3, 0.4) is 0 Å². The molecule has 0 aromatic heterocycles. The number of nitrogens with one attached hydrogen (secondary N) is 1. The van der Waals surface area contributed by atoms with Crippen LogP contribution >= 0.6 is 0 Å². The maximum Gasteiger partial charge on any atom is 0.254 e. The smallest absolute Gasteiger partial charge is 0.254 e. The fraction of sp³-hybridized carbons (Fsp3) is 0.533. The Morgan fingerprint density at radius 1 is 1.35 bits per heavy atom. The molecule has 4 N–H and O–H groups in total. The van der Waals surface area contributed by atoms with Crippen molar-refractivity contribution in [3.63, 3.8) is 0 Å². The molecule has 1 aromatic carbocycles. The predicted octanol–water partition coefficient (Wildman–Crippen LogP) is 2.17. The third-order valence-electron chi connectivity index (χ3n) is 4.17. The van der Waals surface area contributed by atoms with E-state index >= 15 is 0 Å². The molecule has 5 heteroatoms. The van der Waals surface area contributed by atoms with Crippen molar-refractivity contribution in [3.8, 4) is 5.75 Å². The summed E-state index contributed by atoms with van der Waals surface area (Å²) in [5.74, 6) is -1.36. The Labute approximate surface area is 118 Å². The fourth-order valence-corrected chi connectivity index (χ4v) is 2.81. The van der Waals surface area contributed by atoms with Gasteiger partial charge in [-0.25, -0.2) is 4.39 Å². The van der Waals surface area contributed by atoms with Gasteiger partial charge in [0.15, 0.2) is 0 Å². The first kappa shape index (κ1) is 14.8.